The standard InChI is InChI=1S/C21H20N2O2.C15H16O10/c1-24-19-12-8-17(9-13-19)22-21(16-6-4-3-5-7-16)23-18-10-14-20(25-2)15-11-18;1-21-11(16)6-7(12(17)22-2)9(14(19)24-4)10(15(20)25-5)8(6)13(18)23-3/h3-15H,1-2H3,(H,22,23);16H,1-5H3. The number of esters is 4. The van der Waals surface area contributed by atoms with Gasteiger partial charge in [0.2, 0.25) is 0 Å². The molecule has 0 aliphatic heterocycles. The number of methoxy groups -OCH3 is 7. The van der Waals surface area contributed by atoms with Gasteiger partial charge in [-0.2, -0.15) is 0 Å². The highest BCUT2D eigenvalue weighted by Gasteiger charge is 2.45. The third kappa shape index (κ3) is 8.86. The first-order chi connectivity index (χ1) is 24.1. The molecule has 0 heterocycles. The Bertz CT molecular complexity index is 1770. The lowest BCUT2D eigenvalue weighted by Gasteiger charge is -2.16. The maximum absolute atomic E-state index is 12.1. The van der Waals surface area contributed by atoms with Crippen LogP contribution in [0.5, 0.6) is 11.5 Å². The monoisotopic (exact) mass is 688 g/mol. The Morgan fingerprint density at radius 1 is 0.540 bits per heavy atom. The Balaban J connectivity index is 0.000000270. The molecule has 0 saturated heterocycles. The molecule has 262 valence electrons. The van der Waals surface area contributed by atoms with Gasteiger partial charge in [-0.3, -0.25) is 0 Å². The van der Waals surface area contributed by atoms with Crippen LogP contribution in [0, 0.1) is 0 Å². The van der Waals surface area contributed by atoms with E-state index in [0.717, 1.165) is 69.8 Å². The molecule has 14 nitrogen and oxygen atoms in total. The van der Waals surface area contributed by atoms with E-state index in [4.69, 9.17) is 9.47 Å². The number of anilines is 1. The van der Waals surface area contributed by atoms with Gasteiger partial charge in [0.15, 0.2) is 0 Å². The molecule has 50 heavy (non-hydrogen) atoms. The van der Waals surface area contributed by atoms with Gasteiger partial charge in [0.25, 0.3) is 5.84 Å². The van der Waals surface area contributed by atoms with Crippen LogP contribution in [0.3, 0.4) is 0 Å². The maximum Gasteiger partial charge on any atom is 0.339 e. The van der Waals surface area contributed by atoms with E-state index in [1.54, 1.807) is 14.2 Å². The van der Waals surface area contributed by atoms with Crippen molar-refractivity contribution in [3.05, 3.63) is 118 Å². The molecular weight excluding hydrogens is 652 g/mol. The molecular formula is C36H36N2O12. The smallest absolute Gasteiger partial charge is 0.339 e. The van der Waals surface area contributed by atoms with Gasteiger partial charge in [0.05, 0.1) is 76.5 Å². The van der Waals surface area contributed by atoms with Crippen molar-refractivity contribution in [2.24, 2.45) is 0 Å². The van der Waals surface area contributed by atoms with Crippen LogP contribution in [0.4, 0.5) is 11.4 Å². The molecule has 0 saturated carbocycles. The summed E-state index contributed by atoms with van der Waals surface area (Å²) in [6.07, 6.45) is 0. The molecule has 0 radical (unpaired) electrons. The van der Waals surface area contributed by atoms with E-state index >= 15 is 0 Å². The van der Waals surface area contributed by atoms with Crippen LogP contribution >= 0.6 is 0 Å². The van der Waals surface area contributed by atoms with Crippen molar-refractivity contribution >= 4 is 41.1 Å². The average Bonchev–Trinajstić information content (AvgIpc) is 3.53. The number of carbonyl (C=O) groups excluding carboxylic acids is 4. The second-order valence-electron chi connectivity index (χ2n) is 9.78. The van der Waals surface area contributed by atoms with Gasteiger partial charge in [-0.15, -0.1) is 0 Å². The predicted molar refractivity (Wildman–Crippen MR) is 177 cm³/mol. The van der Waals surface area contributed by atoms with Gasteiger partial charge in [0, 0.05) is 5.57 Å². The Hall–Kier alpha value is -6.57. The van der Waals surface area contributed by atoms with Gasteiger partial charge in [-0.05, 0) is 67.8 Å². The zero-order valence-electron chi connectivity index (χ0n) is 28.4. The topological polar surface area (TPSA) is 182 Å². The Labute approximate surface area is 288 Å². The summed E-state index contributed by atoms with van der Waals surface area (Å²) < 4.78 is 33.1. The number of ether oxygens (including phenoxy) is 7. The first-order valence-electron chi connectivity index (χ1n) is 14.6. The lowest BCUT2D eigenvalue weighted by Crippen LogP contribution is -2.68. The van der Waals surface area contributed by atoms with Crippen molar-refractivity contribution in [1.29, 1.82) is 0 Å². The molecule has 3 aromatic carbocycles. The Morgan fingerprint density at radius 3 is 1.36 bits per heavy atom. The zero-order valence-corrected chi connectivity index (χ0v) is 28.4. The molecule has 0 atom stereocenters. The number of carbonyl (C=O) groups is 4. The van der Waals surface area contributed by atoms with E-state index in [2.05, 4.69) is 46.1 Å². The molecule has 0 aromatic heterocycles. The lowest BCUT2D eigenvalue weighted by atomic mass is 10.0. The highest BCUT2D eigenvalue weighted by Crippen LogP contribution is 2.40. The fraction of sp³-hybridized carbons (Fsp3) is 0.194. The van der Waals surface area contributed by atoms with Gasteiger partial charge in [0.1, 0.15) is 22.9 Å². The second kappa shape index (κ2) is 18.1. The van der Waals surface area contributed by atoms with Gasteiger partial charge < -0.3 is 38.3 Å². The minimum Gasteiger partial charge on any atom is -0.616 e. The second-order valence-corrected chi connectivity index (χ2v) is 9.78. The van der Waals surface area contributed by atoms with Gasteiger partial charge in [-0.1, -0.05) is 18.2 Å². The average molecular weight is 689 g/mol. The summed E-state index contributed by atoms with van der Waals surface area (Å²) >= 11 is 0. The van der Waals surface area contributed by atoms with Crippen LogP contribution in [0.2, 0.25) is 0 Å². The van der Waals surface area contributed by atoms with Crippen LogP contribution in [0.15, 0.2) is 113 Å². The predicted octanol–water partition coefficient (Wildman–Crippen LogP) is 1.48. The van der Waals surface area contributed by atoms with Crippen LogP contribution < -0.4 is 24.9 Å². The quantitative estimate of drug-likeness (QED) is 0.103. The number of hydrogen-bond acceptors (Lipinski definition) is 12. The van der Waals surface area contributed by atoms with Crippen LogP contribution in [-0.4, -0.2) is 79.5 Å². The molecule has 0 bridgehead atoms. The minimum atomic E-state index is -1.17. The van der Waals surface area contributed by atoms with Crippen molar-refractivity contribution in [2.45, 2.75) is 0 Å². The SMILES string of the molecule is COC(=O)C1=C(C(=O)OC)C(C(=O)OC)=C(C(=O)OC)C1=C([O-])OC.COc1ccc(NC(=[NH+]c2ccc(OC)cc2)c2ccccc2)cc1. The summed E-state index contributed by atoms with van der Waals surface area (Å²) in [6, 6.07) is 25.8. The Kier molecular flexibility index (Phi) is 13.7. The third-order valence-electron chi connectivity index (χ3n) is 6.98. The Morgan fingerprint density at radius 2 is 0.960 bits per heavy atom. The largest absolute Gasteiger partial charge is 0.616 e. The zero-order chi connectivity index (χ0) is 36.8. The molecule has 0 fully saturated rings. The van der Waals surface area contributed by atoms with E-state index in [0.29, 0.717) is 0 Å². The summed E-state index contributed by atoms with van der Waals surface area (Å²) in [6.45, 7) is 0. The molecule has 1 aliphatic carbocycles. The highest BCUT2D eigenvalue weighted by molar-refractivity contribution is 6.23. The van der Waals surface area contributed by atoms with Gasteiger partial charge in [-0.25, -0.2) is 29.5 Å². The fourth-order valence-electron chi connectivity index (χ4n) is 4.57. The van der Waals surface area contributed by atoms with Crippen molar-refractivity contribution in [1.82, 2.24) is 0 Å². The first-order valence-corrected chi connectivity index (χ1v) is 14.6. The molecule has 4 rings (SSSR count). The number of amidine groups is 1. The molecule has 0 unspecified atom stereocenters. The first kappa shape index (κ1) is 37.9. The number of nitrogens with one attached hydrogen (secondary N) is 2. The summed E-state index contributed by atoms with van der Waals surface area (Å²) in [7, 11) is 8.22. The van der Waals surface area contributed by atoms with Crippen molar-refractivity contribution in [2.75, 3.05) is 55.1 Å². The molecule has 3 aromatic rings. The minimum absolute atomic E-state index is 0.665. The van der Waals surface area contributed by atoms with E-state index in [1.807, 2.05) is 66.7 Å². The van der Waals surface area contributed by atoms with Gasteiger partial charge >= 0.3 is 23.9 Å². The molecule has 0 amide bonds. The van der Waals surface area contributed by atoms with Crippen LogP contribution in [-0.2, 0) is 42.9 Å². The summed E-state index contributed by atoms with van der Waals surface area (Å²) in [5, 5.41) is 15.6. The molecule has 14 heteroatoms. The van der Waals surface area contributed by atoms with Crippen molar-refractivity contribution in [3.8, 4) is 11.5 Å². The van der Waals surface area contributed by atoms with E-state index in [1.165, 1.54) is 0 Å². The van der Waals surface area contributed by atoms with E-state index in [9.17, 15) is 24.3 Å². The molecule has 2 N–H and O–H groups in total. The lowest BCUT2D eigenvalue weighted by molar-refractivity contribution is -0.354. The number of benzene rings is 3. The maximum atomic E-state index is 12.1. The summed E-state index contributed by atoms with van der Waals surface area (Å²) in [5.41, 5.74) is -0.314. The summed E-state index contributed by atoms with van der Waals surface area (Å²) in [5.74, 6) is -3.27. The third-order valence-corrected chi connectivity index (χ3v) is 6.98. The number of rotatable bonds is 10. The van der Waals surface area contributed by atoms with Crippen molar-refractivity contribution < 1.29 is 62.4 Å². The highest BCUT2D eigenvalue weighted by atomic mass is 16.6. The van der Waals surface area contributed by atoms with E-state index in [-0.39, 0.29) is 0 Å². The van der Waals surface area contributed by atoms with Crippen LogP contribution in [0.25, 0.3) is 0 Å². The number of hydrogen-bond donors (Lipinski definition) is 2. The van der Waals surface area contributed by atoms with Crippen LogP contribution in [0.1, 0.15) is 5.56 Å². The summed E-state index contributed by atoms with van der Waals surface area (Å²) in [4.78, 5) is 52.0. The fourth-order valence-corrected chi connectivity index (χ4v) is 4.57. The van der Waals surface area contributed by atoms with Crippen molar-refractivity contribution in [3.63, 3.8) is 0 Å². The van der Waals surface area contributed by atoms with E-state index < -0.39 is 57.7 Å². The molecule has 0 spiro atoms. The normalized spacial score (nSPS) is 12.2. The molecule has 1 aliphatic rings.